The molecule has 0 saturated carbocycles. The highest BCUT2D eigenvalue weighted by atomic mass is 16.5. The molecule has 0 saturated heterocycles. The minimum Gasteiger partial charge on any atom is -0.478 e. The van der Waals surface area contributed by atoms with Gasteiger partial charge >= 0.3 is 5.97 Å². The first-order chi connectivity index (χ1) is 13.2. The van der Waals surface area contributed by atoms with Crippen LogP contribution in [0, 0.1) is 0 Å². The summed E-state index contributed by atoms with van der Waals surface area (Å²) < 4.78 is 10.9. The second kappa shape index (κ2) is 9.12. The molecule has 4 nitrogen and oxygen atoms in total. The summed E-state index contributed by atoms with van der Waals surface area (Å²) >= 11 is 0. The van der Waals surface area contributed by atoms with Gasteiger partial charge in [0.15, 0.2) is 0 Å². The minimum absolute atomic E-state index is 0.258. The SMILES string of the molecule is COCCOCc1c(-c2ccccc2)cc(C(=O)O)cc1-c1ccccc1. The number of rotatable bonds is 8. The second-order valence-electron chi connectivity index (χ2n) is 6.13. The monoisotopic (exact) mass is 362 g/mol. The first-order valence-corrected chi connectivity index (χ1v) is 8.78. The number of carboxylic acids is 1. The Kier molecular flexibility index (Phi) is 6.36. The zero-order valence-electron chi connectivity index (χ0n) is 15.2. The molecule has 0 aliphatic heterocycles. The lowest BCUT2D eigenvalue weighted by Crippen LogP contribution is -2.06. The highest BCUT2D eigenvalue weighted by molar-refractivity contribution is 5.93. The van der Waals surface area contributed by atoms with Gasteiger partial charge in [-0.25, -0.2) is 4.79 Å². The van der Waals surface area contributed by atoms with Gasteiger partial charge in [0.05, 0.1) is 25.4 Å². The van der Waals surface area contributed by atoms with Gasteiger partial charge in [0.2, 0.25) is 0 Å². The van der Waals surface area contributed by atoms with E-state index in [0.717, 1.165) is 27.8 Å². The van der Waals surface area contributed by atoms with E-state index in [1.54, 1.807) is 19.2 Å². The van der Waals surface area contributed by atoms with Gasteiger partial charge in [0.1, 0.15) is 0 Å². The molecule has 138 valence electrons. The zero-order chi connectivity index (χ0) is 19.1. The maximum Gasteiger partial charge on any atom is 0.335 e. The molecule has 0 unspecified atom stereocenters. The smallest absolute Gasteiger partial charge is 0.335 e. The van der Waals surface area contributed by atoms with Gasteiger partial charge in [-0.2, -0.15) is 0 Å². The number of methoxy groups -OCH3 is 1. The lowest BCUT2D eigenvalue weighted by Gasteiger charge is -2.17. The van der Waals surface area contributed by atoms with Crippen molar-refractivity contribution in [3.8, 4) is 22.3 Å². The second-order valence-corrected chi connectivity index (χ2v) is 6.13. The average molecular weight is 362 g/mol. The van der Waals surface area contributed by atoms with E-state index < -0.39 is 5.97 Å². The number of hydrogen-bond acceptors (Lipinski definition) is 3. The van der Waals surface area contributed by atoms with Crippen LogP contribution in [0.2, 0.25) is 0 Å². The van der Waals surface area contributed by atoms with E-state index in [0.29, 0.717) is 19.8 Å². The van der Waals surface area contributed by atoms with Crippen LogP contribution in [-0.2, 0) is 16.1 Å². The Hall–Kier alpha value is -2.95. The normalized spacial score (nSPS) is 10.7. The summed E-state index contributed by atoms with van der Waals surface area (Å²) in [5, 5.41) is 9.62. The number of ether oxygens (including phenoxy) is 2. The van der Waals surface area contributed by atoms with Crippen LogP contribution in [0.15, 0.2) is 72.8 Å². The molecule has 3 rings (SSSR count). The van der Waals surface area contributed by atoms with Crippen molar-refractivity contribution < 1.29 is 19.4 Å². The molecule has 0 spiro atoms. The molecule has 0 aliphatic rings. The molecule has 0 heterocycles. The summed E-state index contributed by atoms with van der Waals surface area (Å²) in [6.07, 6.45) is 0. The van der Waals surface area contributed by atoms with Gasteiger partial charge in [-0.1, -0.05) is 60.7 Å². The quantitative estimate of drug-likeness (QED) is 0.580. The summed E-state index contributed by atoms with van der Waals surface area (Å²) in [7, 11) is 1.63. The predicted molar refractivity (Wildman–Crippen MR) is 106 cm³/mol. The Morgan fingerprint density at radius 3 is 1.81 bits per heavy atom. The molecule has 0 bridgehead atoms. The number of carboxylic acid groups (broad SMARTS) is 1. The third-order valence-corrected chi connectivity index (χ3v) is 4.34. The van der Waals surface area contributed by atoms with Crippen LogP contribution >= 0.6 is 0 Å². The summed E-state index contributed by atoms with van der Waals surface area (Å²) in [5.74, 6) is -0.948. The van der Waals surface area contributed by atoms with Crippen molar-refractivity contribution >= 4 is 5.97 Å². The van der Waals surface area contributed by atoms with Crippen molar-refractivity contribution in [2.75, 3.05) is 20.3 Å². The van der Waals surface area contributed by atoms with Crippen molar-refractivity contribution in [2.24, 2.45) is 0 Å². The summed E-state index contributed by atoms with van der Waals surface area (Å²) in [5.41, 5.74) is 4.88. The standard InChI is InChI=1S/C23H22O4/c1-26-12-13-27-16-22-20(17-8-4-2-5-9-17)14-19(23(24)25)15-21(22)18-10-6-3-7-11-18/h2-11,14-15H,12-13,16H2,1H3,(H,24,25). The maximum absolute atomic E-state index is 11.7. The molecule has 3 aromatic carbocycles. The fourth-order valence-corrected chi connectivity index (χ4v) is 3.02. The van der Waals surface area contributed by atoms with Gasteiger partial charge in [-0.3, -0.25) is 0 Å². The van der Waals surface area contributed by atoms with Gasteiger partial charge in [0, 0.05) is 7.11 Å². The Morgan fingerprint density at radius 1 is 0.852 bits per heavy atom. The van der Waals surface area contributed by atoms with Crippen molar-refractivity contribution in [3.63, 3.8) is 0 Å². The number of benzene rings is 3. The fraction of sp³-hybridized carbons (Fsp3) is 0.174. The van der Waals surface area contributed by atoms with E-state index in [9.17, 15) is 9.90 Å². The van der Waals surface area contributed by atoms with Crippen LogP contribution in [0.5, 0.6) is 0 Å². The third-order valence-electron chi connectivity index (χ3n) is 4.34. The molecule has 0 amide bonds. The van der Waals surface area contributed by atoms with Gasteiger partial charge in [-0.15, -0.1) is 0 Å². The van der Waals surface area contributed by atoms with E-state index in [-0.39, 0.29) is 5.56 Å². The highest BCUT2D eigenvalue weighted by Crippen LogP contribution is 2.34. The van der Waals surface area contributed by atoms with Gasteiger partial charge in [-0.05, 0) is 39.9 Å². The van der Waals surface area contributed by atoms with E-state index in [4.69, 9.17) is 9.47 Å². The largest absolute Gasteiger partial charge is 0.478 e. The molecule has 0 radical (unpaired) electrons. The lowest BCUT2D eigenvalue weighted by atomic mass is 9.90. The predicted octanol–water partition coefficient (Wildman–Crippen LogP) is 4.88. The van der Waals surface area contributed by atoms with Gasteiger partial charge < -0.3 is 14.6 Å². The molecular weight excluding hydrogens is 340 g/mol. The molecule has 0 fully saturated rings. The number of hydrogen-bond donors (Lipinski definition) is 1. The zero-order valence-corrected chi connectivity index (χ0v) is 15.2. The number of aromatic carboxylic acids is 1. The van der Waals surface area contributed by atoms with Crippen molar-refractivity contribution in [3.05, 3.63) is 83.9 Å². The van der Waals surface area contributed by atoms with Crippen molar-refractivity contribution in [2.45, 2.75) is 6.61 Å². The van der Waals surface area contributed by atoms with Gasteiger partial charge in [0.25, 0.3) is 0 Å². The molecule has 1 N–H and O–H groups in total. The first-order valence-electron chi connectivity index (χ1n) is 8.78. The minimum atomic E-state index is -0.948. The Balaban J connectivity index is 2.16. The fourth-order valence-electron chi connectivity index (χ4n) is 3.02. The van der Waals surface area contributed by atoms with E-state index in [1.807, 2.05) is 60.7 Å². The van der Waals surface area contributed by atoms with Crippen LogP contribution in [0.3, 0.4) is 0 Å². The molecule has 3 aromatic rings. The van der Waals surface area contributed by atoms with Crippen LogP contribution in [0.1, 0.15) is 15.9 Å². The van der Waals surface area contributed by atoms with E-state index in [1.165, 1.54) is 0 Å². The Bertz CT molecular complexity index is 828. The number of carbonyl (C=O) groups is 1. The van der Waals surface area contributed by atoms with Crippen LogP contribution in [-0.4, -0.2) is 31.4 Å². The molecular formula is C23H22O4. The summed E-state index contributed by atoms with van der Waals surface area (Å²) in [4.78, 5) is 11.7. The summed E-state index contributed by atoms with van der Waals surface area (Å²) in [6.45, 7) is 1.35. The Morgan fingerprint density at radius 2 is 1.37 bits per heavy atom. The molecule has 0 aromatic heterocycles. The highest BCUT2D eigenvalue weighted by Gasteiger charge is 2.17. The lowest BCUT2D eigenvalue weighted by molar-refractivity contribution is 0.0619. The third kappa shape index (κ3) is 4.61. The van der Waals surface area contributed by atoms with Crippen LogP contribution in [0.4, 0.5) is 0 Å². The topological polar surface area (TPSA) is 55.8 Å². The van der Waals surface area contributed by atoms with E-state index in [2.05, 4.69) is 0 Å². The summed E-state index contributed by atoms with van der Waals surface area (Å²) in [6, 6.07) is 23.0. The molecule has 27 heavy (non-hydrogen) atoms. The van der Waals surface area contributed by atoms with Crippen LogP contribution < -0.4 is 0 Å². The molecule has 0 atom stereocenters. The molecule has 0 aliphatic carbocycles. The van der Waals surface area contributed by atoms with Crippen molar-refractivity contribution in [1.82, 2.24) is 0 Å². The van der Waals surface area contributed by atoms with Crippen LogP contribution in [0.25, 0.3) is 22.3 Å². The molecule has 4 heteroatoms. The maximum atomic E-state index is 11.7. The first kappa shape index (κ1) is 18.8. The Labute approximate surface area is 159 Å². The van der Waals surface area contributed by atoms with E-state index >= 15 is 0 Å². The average Bonchev–Trinajstić information content (AvgIpc) is 2.72. The van der Waals surface area contributed by atoms with Crippen molar-refractivity contribution in [1.29, 1.82) is 0 Å².